The van der Waals surface area contributed by atoms with Crippen molar-refractivity contribution in [3.63, 3.8) is 0 Å². The van der Waals surface area contributed by atoms with Gasteiger partial charge in [0.1, 0.15) is 0 Å². The molecule has 1 saturated carbocycles. The molecule has 1 aliphatic carbocycles. The number of hydrogen-bond donors (Lipinski definition) is 1. The van der Waals surface area contributed by atoms with Gasteiger partial charge in [-0.3, -0.25) is 9.59 Å². The van der Waals surface area contributed by atoms with E-state index >= 15 is 0 Å². The summed E-state index contributed by atoms with van der Waals surface area (Å²) in [6.45, 7) is 5.34. The standard InChI is InChI=1S/C20H27NO3/c1-20(2,15-6-4-3-5-7-15)11-10-18(22)21-12-16(14-8-9-14)17(13-21)19(23)24/h3-7,14,16-17H,8-13H2,1-2H3,(H,23,24)/t16-,17+/m1/s1. The number of amides is 1. The molecule has 4 heteroatoms. The Balaban J connectivity index is 1.58. The summed E-state index contributed by atoms with van der Waals surface area (Å²) >= 11 is 0. The Morgan fingerprint density at radius 2 is 1.83 bits per heavy atom. The fourth-order valence-corrected chi connectivity index (χ4v) is 3.91. The Labute approximate surface area is 143 Å². The lowest BCUT2D eigenvalue weighted by Gasteiger charge is -2.26. The fourth-order valence-electron chi connectivity index (χ4n) is 3.91. The highest BCUT2D eigenvalue weighted by Gasteiger charge is 2.46. The molecule has 2 aliphatic rings. The van der Waals surface area contributed by atoms with Crippen LogP contribution in [0.3, 0.4) is 0 Å². The molecule has 130 valence electrons. The molecule has 1 saturated heterocycles. The van der Waals surface area contributed by atoms with Gasteiger partial charge in [0.25, 0.3) is 0 Å². The van der Waals surface area contributed by atoms with Gasteiger partial charge >= 0.3 is 5.97 Å². The quantitative estimate of drug-likeness (QED) is 0.871. The molecule has 24 heavy (non-hydrogen) atoms. The van der Waals surface area contributed by atoms with E-state index in [1.807, 2.05) is 18.2 Å². The average Bonchev–Trinajstić information content (AvgIpc) is 3.31. The van der Waals surface area contributed by atoms with Gasteiger partial charge in [-0.2, -0.15) is 0 Å². The molecular weight excluding hydrogens is 302 g/mol. The molecule has 0 radical (unpaired) electrons. The smallest absolute Gasteiger partial charge is 0.308 e. The van der Waals surface area contributed by atoms with Gasteiger partial charge in [0.15, 0.2) is 0 Å². The van der Waals surface area contributed by atoms with E-state index in [0.29, 0.717) is 25.4 Å². The third-order valence-corrected chi connectivity index (χ3v) is 5.78. The fraction of sp³-hybridized carbons (Fsp3) is 0.600. The van der Waals surface area contributed by atoms with Crippen molar-refractivity contribution in [2.75, 3.05) is 13.1 Å². The second kappa shape index (κ2) is 6.58. The third kappa shape index (κ3) is 3.63. The lowest BCUT2D eigenvalue weighted by atomic mass is 9.80. The first-order chi connectivity index (χ1) is 11.4. The van der Waals surface area contributed by atoms with Crippen LogP contribution in [0.1, 0.15) is 45.1 Å². The minimum absolute atomic E-state index is 0.0568. The first kappa shape index (κ1) is 17.0. The van der Waals surface area contributed by atoms with Crippen LogP contribution in [-0.4, -0.2) is 35.0 Å². The minimum Gasteiger partial charge on any atom is -0.481 e. The molecule has 2 atom stereocenters. The van der Waals surface area contributed by atoms with Gasteiger partial charge in [0, 0.05) is 19.5 Å². The maximum Gasteiger partial charge on any atom is 0.308 e. The van der Waals surface area contributed by atoms with Gasteiger partial charge in [0.2, 0.25) is 5.91 Å². The van der Waals surface area contributed by atoms with Crippen LogP contribution in [0.5, 0.6) is 0 Å². The molecule has 0 bridgehead atoms. The predicted molar refractivity (Wildman–Crippen MR) is 92.6 cm³/mol. The van der Waals surface area contributed by atoms with Crippen molar-refractivity contribution in [2.45, 2.75) is 44.9 Å². The molecule has 1 aliphatic heterocycles. The summed E-state index contributed by atoms with van der Waals surface area (Å²) in [4.78, 5) is 25.9. The molecule has 0 aromatic heterocycles. The van der Waals surface area contributed by atoms with Crippen LogP contribution in [-0.2, 0) is 15.0 Å². The first-order valence-corrected chi connectivity index (χ1v) is 8.94. The molecule has 2 fully saturated rings. The molecule has 1 N–H and O–H groups in total. The first-order valence-electron chi connectivity index (χ1n) is 8.94. The molecule has 1 aromatic carbocycles. The summed E-state index contributed by atoms with van der Waals surface area (Å²) in [5.74, 6) is -0.331. The topological polar surface area (TPSA) is 57.6 Å². The van der Waals surface area contributed by atoms with Gasteiger partial charge in [-0.25, -0.2) is 0 Å². The van der Waals surface area contributed by atoms with E-state index in [0.717, 1.165) is 19.3 Å². The molecule has 0 spiro atoms. The number of carbonyl (C=O) groups is 2. The van der Waals surface area contributed by atoms with Gasteiger partial charge < -0.3 is 10.0 Å². The Morgan fingerprint density at radius 3 is 2.42 bits per heavy atom. The van der Waals surface area contributed by atoms with Gasteiger partial charge in [-0.15, -0.1) is 0 Å². The van der Waals surface area contributed by atoms with E-state index in [9.17, 15) is 14.7 Å². The van der Waals surface area contributed by atoms with Crippen LogP contribution in [0, 0.1) is 17.8 Å². The van der Waals surface area contributed by atoms with Crippen molar-refractivity contribution in [3.8, 4) is 0 Å². The van der Waals surface area contributed by atoms with E-state index < -0.39 is 5.97 Å². The predicted octanol–water partition coefficient (Wildman–Crippen LogP) is 3.31. The van der Waals surface area contributed by atoms with Crippen molar-refractivity contribution < 1.29 is 14.7 Å². The van der Waals surface area contributed by atoms with E-state index in [1.54, 1.807) is 4.90 Å². The van der Waals surface area contributed by atoms with Crippen molar-refractivity contribution in [2.24, 2.45) is 17.8 Å². The van der Waals surface area contributed by atoms with Gasteiger partial charge in [0.05, 0.1) is 5.92 Å². The highest BCUT2D eigenvalue weighted by Crippen LogP contribution is 2.44. The minimum atomic E-state index is -0.744. The number of benzene rings is 1. The Hall–Kier alpha value is -1.84. The summed E-state index contributed by atoms with van der Waals surface area (Å²) in [6, 6.07) is 10.3. The number of likely N-dealkylation sites (tertiary alicyclic amines) is 1. The zero-order valence-corrected chi connectivity index (χ0v) is 14.6. The Kier molecular flexibility index (Phi) is 4.66. The summed E-state index contributed by atoms with van der Waals surface area (Å²) < 4.78 is 0. The summed E-state index contributed by atoms with van der Waals surface area (Å²) in [5.41, 5.74) is 1.18. The summed E-state index contributed by atoms with van der Waals surface area (Å²) in [6.07, 6.45) is 3.50. The van der Waals surface area contributed by atoms with Crippen LogP contribution in [0.15, 0.2) is 30.3 Å². The van der Waals surface area contributed by atoms with E-state index in [4.69, 9.17) is 0 Å². The Morgan fingerprint density at radius 1 is 1.17 bits per heavy atom. The lowest BCUT2D eigenvalue weighted by molar-refractivity contribution is -0.142. The highest BCUT2D eigenvalue weighted by atomic mass is 16.4. The second-order valence-electron chi connectivity index (χ2n) is 7.99. The molecule has 1 aromatic rings. The molecule has 1 heterocycles. The van der Waals surface area contributed by atoms with Crippen LogP contribution < -0.4 is 0 Å². The number of carboxylic acid groups (broad SMARTS) is 1. The second-order valence-corrected chi connectivity index (χ2v) is 7.99. The maximum absolute atomic E-state index is 12.6. The highest BCUT2D eigenvalue weighted by molar-refractivity contribution is 5.79. The normalized spacial score (nSPS) is 24.2. The molecule has 1 amide bonds. The summed E-state index contributed by atoms with van der Waals surface area (Å²) in [7, 11) is 0. The van der Waals surface area contributed by atoms with Crippen molar-refractivity contribution >= 4 is 11.9 Å². The molecule has 4 nitrogen and oxygen atoms in total. The number of rotatable bonds is 6. The number of nitrogens with zero attached hydrogens (tertiary/aromatic N) is 1. The number of hydrogen-bond acceptors (Lipinski definition) is 2. The van der Waals surface area contributed by atoms with Crippen LogP contribution in [0.4, 0.5) is 0 Å². The largest absolute Gasteiger partial charge is 0.481 e. The van der Waals surface area contributed by atoms with E-state index in [2.05, 4.69) is 26.0 Å². The third-order valence-electron chi connectivity index (χ3n) is 5.78. The number of carbonyl (C=O) groups excluding carboxylic acids is 1. The number of aliphatic carboxylic acids is 1. The zero-order chi connectivity index (χ0) is 17.3. The van der Waals surface area contributed by atoms with E-state index in [1.165, 1.54) is 5.56 Å². The van der Waals surface area contributed by atoms with Gasteiger partial charge in [-0.1, -0.05) is 44.2 Å². The monoisotopic (exact) mass is 329 g/mol. The van der Waals surface area contributed by atoms with Crippen molar-refractivity contribution in [1.29, 1.82) is 0 Å². The molecule has 3 rings (SSSR count). The Bertz CT molecular complexity index is 607. The average molecular weight is 329 g/mol. The summed E-state index contributed by atoms with van der Waals surface area (Å²) in [5, 5.41) is 9.43. The number of carboxylic acids is 1. The maximum atomic E-state index is 12.6. The van der Waals surface area contributed by atoms with Gasteiger partial charge in [-0.05, 0) is 42.1 Å². The molecule has 0 unspecified atom stereocenters. The van der Waals surface area contributed by atoms with Crippen LogP contribution in [0.2, 0.25) is 0 Å². The SMILES string of the molecule is CC(C)(CCC(=O)N1C[C@H](C(=O)O)[C@@H](C2CC2)C1)c1ccccc1. The van der Waals surface area contributed by atoms with Crippen LogP contribution >= 0.6 is 0 Å². The lowest BCUT2D eigenvalue weighted by Crippen LogP contribution is -2.31. The van der Waals surface area contributed by atoms with Crippen molar-refractivity contribution in [3.05, 3.63) is 35.9 Å². The molecular formula is C20H27NO3. The van der Waals surface area contributed by atoms with Crippen LogP contribution in [0.25, 0.3) is 0 Å². The van der Waals surface area contributed by atoms with Crippen molar-refractivity contribution in [1.82, 2.24) is 4.90 Å². The zero-order valence-electron chi connectivity index (χ0n) is 14.6. The van der Waals surface area contributed by atoms with E-state index in [-0.39, 0.29) is 23.2 Å².